The van der Waals surface area contributed by atoms with Crippen LogP contribution in [0, 0.1) is 20.8 Å². The molecule has 0 saturated carbocycles. The summed E-state index contributed by atoms with van der Waals surface area (Å²) in [6.07, 6.45) is 0. The van der Waals surface area contributed by atoms with E-state index in [2.05, 4.69) is 5.16 Å². The molecular formula is C16H16N2O3S. The van der Waals surface area contributed by atoms with E-state index in [-0.39, 0.29) is 5.91 Å². The average Bonchev–Trinajstić information content (AvgIpc) is 3.18. The minimum Gasteiger partial charge on any atom is -0.461 e. The summed E-state index contributed by atoms with van der Waals surface area (Å²) in [6.45, 7) is 5.51. The molecule has 0 aromatic carbocycles. The van der Waals surface area contributed by atoms with E-state index in [1.54, 1.807) is 18.9 Å². The second-order valence-electron chi connectivity index (χ2n) is 5.11. The number of nitrogens with zero attached hydrogens (tertiary/aromatic N) is 2. The van der Waals surface area contributed by atoms with Crippen molar-refractivity contribution in [3.63, 3.8) is 0 Å². The van der Waals surface area contributed by atoms with Crippen molar-refractivity contribution in [1.29, 1.82) is 0 Å². The summed E-state index contributed by atoms with van der Waals surface area (Å²) < 4.78 is 10.7. The van der Waals surface area contributed by atoms with E-state index in [1.165, 1.54) is 11.3 Å². The lowest BCUT2D eigenvalue weighted by Crippen LogP contribution is -2.26. The molecule has 0 atom stereocenters. The maximum absolute atomic E-state index is 12.6. The van der Waals surface area contributed by atoms with Crippen molar-refractivity contribution >= 4 is 22.9 Å². The molecule has 5 nitrogen and oxygen atoms in total. The van der Waals surface area contributed by atoms with Crippen molar-refractivity contribution in [2.45, 2.75) is 20.8 Å². The molecule has 0 fully saturated rings. The van der Waals surface area contributed by atoms with Crippen LogP contribution in [0.5, 0.6) is 0 Å². The van der Waals surface area contributed by atoms with Crippen LogP contribution >= 0.6 is 11.3 Å². The first-order valence-corrected chi connectivity index (χ1v) is 7.66. The lowest BCUT2D eigenvalue weighted by atomic mass is 10.3. The first-order valence-electron chi connectivity index (χ1n) is 6.85. The van der Waals surface area contributed by atoms with Gasteiger partial charge >= 0.3 is 0 Å². The SMILES string of the molecule is Cc1ccc(-c2ccc(C(=O)N(C)c3c(C)noc3C)s2)o1. The van der Waals surface area contributed by atoms with Gasteiger partial charge in [-0.25, -0.2) is 0 Å². The second-order valence-corrected chi connectivity index (χ2v) is 6.19. The van der Waals surface area contributed by atoms with Crippen LogP contribution in [0.15, 0.2) is 33.2 Å². The summed E-state index contributed by atoms with van der Waals surface area (Å²) in [5, 5.41) is 3.89. The maximum Gasteiger partial charge on any atom is 0.268 e. The topological polar surface area (TPSA) is 59.5 Å². The van der Waals surface area contributed by atoms with Crippen molar-refractivity contribution in [3.8, 4) is 10.6 Å². The number of carbonyl (C=O) groups excluding carboxylic acids is 1. The highest BCUT2D eigenvalue weighted by Gasteiger charge is 2.22. The van der Waals surface area contributed by atoms with Gasteiger partial charge in [-0.3, -0.25) is 4.79 Å². The predicted octanol–water partition coefficient (Wildman–Crippen LogP) is 4.20. The van der Waals surface area contributed by atoms with Crippen LogP contribution < -0.4 is 4.90 Å². The van der Waals surface area contributed by atoms with Crippen LogP contribution in [0.4, 0.5) is 5.69 Å². The molecule has 3 heterocycles. The minimum atomic E-state index is -0.0890. The fraction of sp³-hybridized carbons (Fsp3) is 0.250. The minimum absolute atomic E-state index is 0.0890. The summed E-state index contributed by atoms with van der Waals surface area (Å²) in [5.74, 6) is 2.17. The molecule has 3 aromatic heterocycles. The third kappa shape index (κ3) is 2.46. The number of anilines is 1. The Kier molecular flexibility index (Phi) is 3.62. The number of amides is 1. The van der Waals surface area contributed by atoms with E-state index in [0.29, 0.717) is 22.0 Å². The summed E-state index contributed by atoms with van der Waals surface area (Å²) in [5.41, 5.74) is 1.42. The van der Waals surface area contributed by atoms with Gasteiger partial charge in [-0.1, -0.05) is 5.16 Å². The van der Waals surface area contributed by atoms with Gasteiger partial charge in [0.15, 0.2) is 5.76 Å². The monoisotopic (exact) mass is 316 g/mol. The Labute approximate surface area is 132 Å². The quantitative estimate of drug-likeness (QED) is 0.726. The number of hydrogen-bond acceptors (Lipinski definition) is 5. The third-order valence-corrected chi connectivity index (χ3v) is 4.52. The molecule has 3 aromatic rings. The van der Waals surface area contributed by atoms with Crippen LogP contribution in [0.2, 0.25) is 0 Å². The zero-order chi connectivity index (χ0) is 15.9. The number of aryl methyl sites for hydroxylation is 3. The van der Waals surface area contributed by atoms with Gasteiger partial charge in [0, 0.05) is 7.05 Å². The predicted molar refractivity (Wildman–Crippen MR) is 85.5 cm³/mol. The van der Waals surface area contributed by atoms with Crippen LogP contribution in [0.1, 0.15) is 26.9 Å². The lowest BCUT2D eigenvalue weighted by Gasteiger charge is -2.15. The Balaban J connectivity index is 1.88. The van der Waals surface area contributed by atoms with E-state index < -0.39 is 0 Å². The summed E-state index contributed by atoms with van der Waals surface area (Å²) in [4.78, 5) is 15.8. The van der Waals surface area contributed by atoms with Gasteiger partial charge < -0.3 is 13.8 Å². The normalized spacial score (nSPS) is 10.9. The number of carbonyl (C=O) groups is 1. The molecule has 114 valence electrons. The highest BCUT2D eigenvalue weighted by molar-refractivity contribution is 7.17. The molecule has 22 heavy (non-hydrogen) atoms. The Morgan fingerprint density at radius 1 is 1.18 bits per heavy atom. The van der Waals surface area contributed by atoms with E-state index in [0.717, 1.165) is 16.4 Å². The molecule has 0 spiro atoms. The van der Waals surface area contributed by atoms with Gasteiger partial charge in [-0.05, 0) is 45.0 Å². The highest BCUT2D eigenvalue weighted by atomic mass is 32.1. The van der Waals surface area contributed by atoms with Gasteiger partial charge in [0.05, 0.1) is 9.75 Å². The number of hydrogen-bond donors (Lipinski definition) is 0. The number of aromatic nitrogens is 1. The first kappa shape index (κ1) is 14.6. The third-order valence-electron chi connectivity index (χ3n) is 3.44. The van der Waals surface area contributed by atoms with Crippen molar-refractivity contribution in [3.05, 3.63) is 46.4 Å². The summed E-state index contributed by atoms with van der Waals surface area (Å²) >= 11 is 1.41. The molecule has 6 heteroatoms. The van der Waals surface area contributed by atoms with Crippen LogP contribution in [0.25, 0.3) is 10.6 Å². The molecule has 0 aliphatic heterocycles. The van der Waals surface area contributed by atoms with Crippen LogP contribution in [0.3, 0.4) is 0 Å². The van der Waals surface area contributed by atoms with E-state index >= 15 is 0 Å². The van der Waals surface area contributed by atoms with E-state index in [1.807, 2.05) is 38.1 Å². The molecule has 0 aliphatic carbocycles. The molecule has 0 saturated heterocycles. The van der Waals surface area contributed by atoms with Crippen molar-refractivity contribution in [2.24, 2.45) is 0 Å². The van der Waals surface area contributed by atoms with Gasteiger partial charge in [0.25, 0.3) is 5.91 Å². The zero-order valence-electron chi connectivity index (χ0n) is 12.8. The number of rotatable bonds is 3. The fourth-order valence-electron chi connectivity index (χ4n) is 2.38. The van der Waals surface area contributed by atoms with Crippen molar-refractivity contribution < 1.29 is 13.7 Å². The van der Waals surface area contributed by atoms with Gasteiger partial charge in [0.1, 0.15) is 22.9 Å². The second kappa shape index (κ2) is 5.46. The largest absolute Gasteiger partial charge is 0.461 e. The van der Waals surface area contributed by atoms with Gasteiger partial charge in [0.2, 0.25) is 0 Å². The maximum atomic E-state index is 12.6. The molecule has 3 rings (SSSR count). The Morgan fingerprint density at radius 2 is 1.95 bits per heavy atom. The van der Waals surface area contributed by atoms with Crippen LogP contribution in [-0.2, 0) is 0 Å². The molecule has 1 amide bonds. The molecule has 0 aliphatic rings. The van der Waals surface area contributed by atoms with Gasteiger partial charge in [-0.15, -0.1) is 11.3 Å². The number of thiophene rings is 1. The van der Waals surface area contributed by atoms with Crippen LogP contribution in [-0.4, -0.2) is 18.1 Å². The fourth-order valence-corrected chi connectivity index (χ4v) is 3.32. The molecular weight excluding hydrogens is 300 g/mol. The Morgan fingerprint density at radius 3 is 2.55 bits per heavy atom. The molecule has 0 N–H and O–H groups in total. The molecule has 0 bridgehead atoms. The number of furan rings is 1. The van der Waals surface area contributed by atoms with Gasteiger partial charge in [-0.2, -0.15) is 0 Å². The van der Waals surface area contributed by atoms with Crippen molar-refractivity contribution in [1.82, 2.24) is 5.16 Å². The molecule has 0 unspecified atom stereocenters. The van der Waals surface area contributed by atoms with Crippen molar-refractivity contribution in [2.75, 3.05) is 11.9 Å². The highest BCUT2D eigenvalue weighted by Crippen LogP contribution is 2.31. The summed E-state index contributed by atoms with van der Waals surface area (Å²) in [6, 6.07) is 7.53. The van der Waals surface area contributed by atoms with E-state index in [9.17, 15) is 4.79 Å². The lowest BCUT2D eigenvalue weighted by molar-refractivity contribution is 0.0996. The smallest absolute Gasteiger partial charge is 0.268 e. The molecule has 0 radical (unpaired) electrons. The first-order chi connectivity index (χ1) is 10.5. The van der Waals surface area contributed by atoms with E-state index in [4.69, 9.17) is 8.94 Å². The zero-order valence-corrected chi connectivity index (χ0v) is 13.7. The summed E-state index contributed by atoms with van der Waals surface area (Å²) in [7, 11) is 1.73. The Hall–Kier alpha value is -2.34. The Bertz CT molecular complexity index is 809. The standard InChI is InChI=1S/C16H16N2O3S/c1-9-5-6-12(20-9)13-7-8-14(22-13)16(19)18(4)15-10(2)17-21-11(15)3/h5-8H,1-4H3. The average molecular weight is 316 g/mol.